The zero-order chi connectivity index (χ0) is 8.72. The fourth-order valence-electron chi connectivity index (χ4n) is 2.10. The van der Waals surface area contributed by atoms with E-state index in [2.05, 4.69) is 6.92 Å². The lowest BCUT2D eigenvalue weighted by Gasteiger charge is -1.89. The van der Waals surface area contributed by atoms with E-state index in [1.165, 1.54) is 18.9 Å². The zero-order valence-electron chi connectivity index (χ0n) is 7.23. The van der Waals surface area contributed by atoms with Crippen molar-refractivity contribution in [2.45, 2.75) is 19.8 Å². The van der Waals surface area contributed by atoms with Crippen LogP contribution in [0.25, 0.3) is 0 Å². The highest BCUT2D eigenvalue weighted by atomic mass is 16.4. The largest absolute Gasteiger partial charge is 0.478 e. The summed E-state index contributed by atoms with van der Waals surface area (Å²) in [5.74, 6) is 2.39. The van der Waals surface area contributed by atoms with E-state index < -0.39 is 5.97 Å². The molecule has 0 radical (unpaired) electrons. The van der Waals surface area contributed by atoms with E-state index in [1.54, 1.807) is 0 Å². The van der Waals surface area contributed by atoms with Gasteiger partial charge in [0.25, 0.3) is 0 Å². The molecule has 2 saturated carbocycles. The Morgan fingerprint density at radius 1 is 1.42 bits per heavy atom. The second kappa shape index (κ2) is 2.61. The number of rotatable bonds is 3. The van der Waals surface area contributed by atoms with Crippen molar-refractivity contribution >= 4 is 5.97 Å². The molecule has 2 aliphatic carbocycles. The van der Waals surface area contributed by atoms with Crippen LogP contribution >= 0.6 is 0 Å². The molecule has 66 valence electrons. The number of carboxylic acids is 1. The third-order valence-electron chi connectivity index (χ3n) is 3.10. The summed E-state index contributed by atoms with van der Waals surface area (Å²) >= 11 is 0. The third kappa shape index (κ3) is 1.52. The predicted molar refractivity (Wildman–Crippen MR) is 45.6 cm³/mol. The molecule has 0 saturated heterocycles. The van der Waals surface area contributed by atoms with E-state index in [-0.39, 0.29) is 0 Å². The Morgan fingerprint density at radius 3 is 2.58 bits per heavy atom. The highest BCUT2D eigenvalue weighted by Crippen LogP contribution is 2.58. The van der Waals surface area contributed by atoms with Crippen molar-refractivity contribution in [2.24, 2.45) is 23.7 Å². The van der Waals surface area contributed by atoms with Crippen LogP contribution in [-0.2, 0) is 4.79 Å². The molecule has 0 spiro atoms. The molecule has 0 heterocycles. The van der Waals surface area contributed by atoms with E-state index in [1.807, 2.05) is 6.08 Å². The van der Waals surface area contributed by atoms with Gasteiger partial charge in [-0.25, -0.2) is 4.79 Å². The molecule has 2 nitrogen and oxygen atoms in total. The Hall–Kier alpha value is -0.790. The zero-order valence-corrected chi connectivity index (χ0v) is 7.23. The number of allylic oxidation sites excluding steroid dienone is 1. The lowest BCUT2D eigenvalue weighted by Crippen LogP contribution is -1.88. The minimum atomic E-state index is -0.815. The molecule has 4 unspecified atom stereocenters. The van der Waals surface area contributed by atoms with Crippen molar-refractivity contribution in [3.63, 3.8) is 0 Å². The average molecular weight is 166 g/mol. The molecule has 0 amide bonds. The smallest absolute Gasteiger partial charge is 0.327 e. The van der Waals surface area contributed by atoms with E-state index in [0.29, 0.717) is 5.92 Å². The number of hydrogen-bond acceptors (Lipinski definition) is 1. The van der Waals surface area contributed by atoms with Gasteiger partial charge in [-0.2, -0.15) is 0 Å². The van der Waals surface area contributed by atoms with Crippen LogP contribution in [0.1, 0.15) is 19.8 Å². The fraction of sp³-hybridized carbons (Fsp3) is 0.700. The van der Waals surface area contributed by atoms with Crippen LogP contribution in [0.4, 0.5) is 0 Å². The van der Waals surface area contributed by atoms with Crippen molar-refractivity contribution < 1.29 is 9.90 Å². The average Bonchev–Trinajstić information content (AvgIpc) is 2.80. The van der Waals surface area contributed by atoms with Gasteiger partial charge >= 0.3 is 5.97 Å². The first-order valence-corrected chi connectivity index (χ1v) is 4.59. The van der Waals surface area contributed by atoms with Gasteiger partial charge in [0.15, 0.2) is 0 Å². The molecule has 0 aromatic rings. The summed E-state index contributed by atoms with van der Waals surface area (Å²) < 4.78 is 0. The molecule has 1 N–H and O–H groups in total. The van der Waals surface area contributed by atoms with Gasteiger partial charge in [0.05, 0.1) is 0 Å². The summed E-state index contributed by atoms with van der Waals surface area (Å²) in [6, 6.07) is 0. The predicted octanol–water partition coefficient (Wildman–Crippen LogP) is 1.92. The number of carboxylic acid groups (broad SMARTS) is 1. The van der Waals surface area contributed by atoms with Crippen LogP contribution in [0.3, 0.4) is 0 Å². The van der Waals surface area contributed by atoms with Crippen LogP contribution in [0.15, 0.2) is 12.2 Å². The van der Waals surface area contributed by atoms with Gasteiger partial charge < -0.3 is 5.11 Å². The second-order valence-electron chi connectivity index (χ2n) is 4.14. The maximum Gasteiger partial charge on any atom is 0.327 e. The topological polar surface area (TPSA) is 37.3 Å². The van der Waals surface area contributed by atoms with Gasteiger partial charge in [0.1, 0.15) is 0 Å². The van der Waals surface area contributed by atoms with Crippen molar-refractivity contribution in [2.75, 3.05) is 0 Å². The van der Waals surface area contributed by atoms with E-state index in [0.717, 1.165) is 17.8 Å². The van der Waals surface area contributed by atoms with Crippen LogP contribution in [0.2, 0.25) is 0 Å². The number of aliphatic carboxylic acids is 1. The van der Waals surface area contributed by atoms with Crippen molar-refractivity contribution in [1.29, 1.82) is 0 Å². The highest BCUT2D eigenvalue weighted by Gasteiger charge is 2.50. The SMILES string of the molecule is CC1CC1C1CC1/C=C/C(=O)O. The maximum atomic E-state index is 10.2. The van der Waals surface area contributed by atoms with Crippen molar-refractivity contribution in [3.8, 4) is 0 Å². The minimum Gasteiger partial charge on any atom is -0.478 e. The van der Waals surface area contributed by atoms with Gasteiger partial charge in [0, 0.05) is 6.08 Å². The number of hydrogen-bond donors (Lipinski definition) is 1. The van der Waals surface area contributed by atoms with Crippen LogP contribution in [0, 0.1) is 23.7 Å². The molecular formula is C10H14O2. The molecule has 4 atom stereocenters. The first-order chi connectivity index (χ1) is 5.68. The Bertz CT molecular complexity index is 232. The summed E-state index contributed by atoms with van der Waals surface area (Å²) in [4.78, 5) is 10.2. The standard InChI is InChI=1S/C10H14O2/c1-6-4-8(6)9-5-7(9)2-3-10(11)12/h2-3,6-9H,4-5H2,1H3,(H,11,12)/b3-2+. The van der Waals surface area contributed by atoms with Gasteiger partial charge in [-0.3, -0.25) is 0 Å². The van der Waals surface area contributed by atoms with E-state index in [9.17, 15) is 4.79 Å². The monoisotopic (exact) mass is 166 g/mol. The lowest BCUT2D eigenvalue weighted by molar-refractivity contribution is -0.131. The van der Waals surface area contributed by atoms with E-state index >= 15 is 0 Å². The molecule has 12 heavy (non-hydrogen) atoms. The number of carbonyl (C=O) groups is 1. The molecule has 0 bridgehead atoms. The second-order valence-corrected chi connectivity index (χ2v) is 4.14. The van der Waals surface area contributed by atoms with Crippen molar-refractivity contribution in [1.82, 2.24) is 0 Å². The Morgan fingerprint density at radius 2 is 2.08 bits per heavy atom. The molecule has 0 aromatic heterocycles. The maximum absolute atomic E-state index is 10.2. The lowest BCUT2D eigenvalue weighted by atomic mass is 10.2. The summed E-state index contributed by atoms with van der Waals surface area (Å²) in [6.45, 7) is 2.28. The molecule has 2 rings (SSSR count). The molecule has 2 heteroatoms. The third-order valence-corrected chi connectivity index (χ3v) is 3.10. The molecule has 2 fully saturated rings. The molecular weight excluding hydrogens is 152 g/mol. The van der Waals surface area contributed by atoms with Gasteiger partial charge in [0.2, 0.25) is 0 Å². The van der Waals surface area contributed by atoms with Crippen LogP contribution < -0.4 is 0 Å². The Labute approximate surface area is 72.3 Å². The summed E-state index contributed by atoms with van der Waals surface area (Å²) in [6.07, 6.45) is 5.73. The van der Waals surface area contributed by atoms with E-state index in [4.69, 9.17) is 5.11 Å². The molecule has 0 aromatic carbocycles. The van der Waals surface area contributed by atoms with Gasteiger partial charge in [-0.15, -0.1) is 0 Å². The minimum absolute atomic E-state index is 0.580. The molecule has 2 aliphatic rings. The first kappa shape index (κ1) is 7.84. The highest BCUT2D eigenvalue weighted by molar-refractivity contribution is 5.79. The normalized spacial score (nSPS) is 44.8. The van der Waals surface area contributed by atoms with Gasteiger partial charge in [-0.05, 0) is 36.5 Å². The van der Waals surface area contributed by atoms with Crippen molar-refractivity contribution in [3.05, 3.63) is 12.2 Å². The quantitative estimate of drug-likeness (QED) is 0.650. The Kier molecular flexibility index (Phi) is 1.71. The summed E-state index contributed by atoms with van der Waals surface area (Å²) in [5.41, 5.74) is 0. The van der Waals surface area contributed by atoms with Gasteiger partial charge in [-0.1, -0.05) is 13.0 Å². The van der Waals surface area contributed by atoms with Crippen LogP contribution in [-0.4, -0.2) is 11.1 Å². The molecule has 0 aliphatic heterocycles. The first-order valence-electron chi connectivity index (χ1n) is 4.59. The summed E-state index contributed by atoms with van der Waals surface area (Å²) in [7, 11) is 0. The van der Waals surface area contributed by atoms with Crippen LogP contribution in [0.5, 0.6) is 0 Å². The fourth-order valence-corrected chi connectivity index (χ4v) is 2.10. The Balaban J connectivity index is 1.77. The summed E-state index contributed by atoms with van der Waals surface area (Å²) in [5, 5.41) is 8.40.